The van der Waals surface area contributed by atoms with Gasteiger partial charge >= 0.3 is 5.97 Å². The van der Waals surface area contributed by atoms with Crippen LogP contribution >= 0.6 is 34.5 Å². The van der Waals surface area contributed by atoms with Crippen molar-refractivity contribution < 1.29 is 22.7 Å². The first-order valence-corrected chi connectivity index (χ1v) is 12.9. The summed E-state index contributed by atoms with van der Waals surface area (Å²) in [7, 11) is -2.39. The van der Waals surface area contributed by atoms with E-state index in [2.05, 4.69) is 4.99 Å². The van der Waals surface area contributed by atoms with Crippen LogP contribution in [0.25, 0.3) is 10.2 Å². The molecule has 0 aliphatic carbocycles. The summed E-state index contributed by atoms with van der Waals surface area (Å²) in [4.78, 5) is 29.3. The van der Waals surface area contributed by atoms with E-state index in [1.165, 1.54) is 46.3 Å². The van der Waals surface area contributed by atoms with Crippen LogP contribution < -0.4 is 4.80 Å². The third kappa shape index (κ3) is 5.30. The zero-order valence-electron chi connectivity index (χ0n) is 18.0. The van der Waals surface area contributed by atoms with Gasteiger partial charge in [-0.1, -0.05) is 48.4 Å². The number of hydrogen-bond acceptors (Lipinski definition) is 6. The Labute approximate surface area is 205 Å². The molecule has 0 radical (unpaired) electrons. The maximum Gasteiger partial charge on any atom is 0.325 e. The summed E-state index contributed by atoms with van der Waals surface area (Å²) in [5, 5.41) is 0.708. The van der Waals surface area contributed by atoms with Gasteiger partial charge in [-0.2, -0.15) is 9.30 Å². The molecule has 1 heterocycles. The minimum atomic E-state index is -3.64. The molecule has 1 aromatic heterocycles. The molecule has 0 aliphatic rings. The smallest absolute Gasteiger partial charge is 0.325 e. The minimum absolute atomic E-state index is 0.0896. The average Bonchev–Trinajstić information content (AvgIpc) is 3.10. The molecule has 0 saturated heterocycles. The van der Waals surface area contributed by atoms with Gasteiger partial charge in [0.1, 0.15) is 6.54 Å². The van der Waals surface area contributed by atoms with Crippen LogP contribution in [0.1, 0.15) is 24.2 Å². The molecule has 0 spiro atoms. The largest absolute Gasteiger partial charge is 0.468 e. The molecule has 0 unspecified atom stereocenters. The number of benzene rings is 2. The predicted molar refractivity (Wildman–Crippen MR) is 128 cm³/mol. The molecule has 176 valence electrons. The van der Waals surface area contributed by atoms with Crippen molar-refractivity contribution in [2.45, 2.75) is 25.3 Å². The van der Waals surface area contributed by atoms with Crippen LogP contribution in [0.3, 0.4) is 0 Å². The number of carbonyl (C=O) groups is 2. The number of nitrogens with zero attached hydrogens (tertiary/aromatic N) is 3. The van der Waals surface area contributed by atoms with E-state index in [9.17, 15) is 18.0 Å². The van der Waals surface area contributed by atoms with E-state index in [-0.39, 0.29) is 21.8 Å². The lowest BCUT2D eigenvalue weighted by atomic mass is 10.2. The molecule has 0 bridgehead atoms. The Bertz CT molecular complexity index is 1380. The van der Waals surface area contributed by atoms with Crippen LogP contribution in [0.5, 0.6) is 0 Å². The van der Waals surface area contributed by atoms with E-state index in [4.69, 9.17) is 27.9 Å². The van der Waals surface area contributed by atoms with Crippen LogP contribution in [0.2, 0.25) is 10.0 Å². The van der Waals surface area contributed by atoms with Crippen LogP contribution in [0.15, 0.2) is 46.3 Å². The van der Waals surface area contributed by atoms with E-state index < -0.39 is 21.9 Å². The van der Waals surface area contributed by atoms with Gasteiger partial charge in [-0.15, -0.1) is 0 Å². The molecule has 0 N–H and O–H groups in total. The second kappa shape index (κ2) is 10.4. The number of methoxy groups -OCH3 is 1. The highest BCUT2D eigenvalue weighted by Crippen LogP contribution is 2.30. The zero-order chi connectivity index (χ0) is 24.3. The Morgan fingerprint density at radius 3 is 2.33 bits per heavy atom. The molecule has 0 aliphatic heterocycles. The van der Waals surface area contributed by atoms with Gasteiger partial charge in [0.05, 0.1) is 27.2 Å². The summed E-state index contributed by atoms with van der Waals surface area (Å²) in [6, 6.07) is 8.76. The van der Waals surface area contributed by atoms with E-state index in [1.54, 1.807) is 19.9 Å². The maximum atomic E-state index is 12.8. The number of sulfonamides is 1. The van der Waals surface area contributed by atoms with Gasteiger partial charge in [0.2, 0.25) is 10.0 Å². The molecule has 8 nitrogen and oxygen atoms in total. The number of rotatable bonds is 7. The zero-order valence-corrected chi connectivity index (χ0v) is 21.2. The first-order chi connectivity index (χ1) is 15.6. The predicted octanol–water partition coefficient (Wildman–Crippen LogP) is 3.95. The summed E-state index contributed by atoms with van der Waals surface area (Å²) < 4.78 is 33.5. The van der Waals surface area contributed by atoms with Gasteiger partial charge < -0.3 is 9.30 Å². The lowest BCUT2D eigenvalue weighted by Gasteiger charge is -2.18. The second-order valence-electron chi connectivity index (χ2n) is 6.81. The van der Waals surface area contributed by atoms with Gasteiger partial charge in [0, 0.05) is 23.7 Å². The van der Waals surface area contributed by atoms with E-state index in [1.807, 2.05) is 0 Å². The number of fused-ring (bicyclic) bond motifs is 1. The van der Waals surface area contributed by atoms with Gasteiger partial charge in [-0.05, 0) is 36.4 Å². The number of aromatic nitrogens is 1. The van der Waals surface area contributed by atoms with Crippen LogP contribution in [0, 0.1) is 0 Å². The van der Waals surface area contributed by atoms with Crippen LogP contribution in [0.4, 0.5) is 0 Å². The van der Waals surface area contributed by atoms with Crippen molar-refractivity contribution in [1.82, 2.24) is 8.87 Å². The van der Waals surface area contributed by atoms with Crippen molar-refractivity contribution >= 4 is 66.7 Å². The molecular weight excluding hydrogens is 509 g/mol. The summed E-state index contributed by atoms with van der Waals surface area (Å²) in [5.41, 5.74) is 0.698. The highest BCUT2D eigenvalue weighted by atomic mass is 35.5. The molecule has 3 rings (SSSR count). The van der Waals surface area contributed by atoms with Crippen LogP contribution in [-0.4, -0.2) is 49.4 Å². The van der Waals surface area contributed by atoms with E-state index >= 15 is 0 Å². The lowest BCUT2D eigenvalue weighted by molar-refractivity contribution is -0.141. The molecule has 12 heteroatoms. The van der Waals surface area contributed by atoms with Crippen molar-refractivity contribution in [2.75, 3.05) is 20.2 Å². The van der Waals surface area contributed by atoms with Crippen molar-refractivity contribution in [3.8, 4) is 0 Å². The Hall–Kier alpha value is -2.24. The highest BCUT2D eigenvalue weighted by Gasteiger charge is 2.22. The van der Waals surface area contributed by atoms with E-state index in [0.29, 0.717) is 33.4 Å². The standard InChI is InChI=1S/C21H21Cl2N3O5S2/c1-4-25(5-2)33(29,30)15-8-6-13(7-9-15)20(28)24-21-26(12-18(27)31-3)19-16(23)10-14(22)11-17(19)32-21/h6-11H,4-5,12H2,1-3H3. The van der Waals surface area contributed by atoms with Crippen molar-refractivity contribution in [3.63, 3.8) is 0 Å². The van der Waals surface area contributed by atoms with Gasteiger partial charge in [-0.3, -0.25) is 9.59 Å². The molecule has 0 atom stereocenters. The average molecular weight is 530 g/mol. The first kappa shape index (κ1) is 25.4. The topological polar surface area (TPSA) is 98.0 Å². The second-order valence-corrected chi connectivity index (χ2v) is 10.6. The number of thiazole rings is 1. The lowest BCUT2D eigenvalue weighted by Crippen LogP contribution is -2.30. The fourth-order valence-corrected chi connectivity index (χ4v) is 6.46. The first-order valence-electron chi connectivity index (χ1n) is 9.86. The molecule has 33 heavy (non-hydrogen) atoms. The summed E-state index contributed by atoms with van der Waals surface area (Å²) in [6.45, 7) is 3.99. The van der Waals surface area contributed by atoms with Crippen molar-refractivity contribution in [3.05, 3.63) is 56.8 Å². The monoisotopic (exact) mass is 529 g/mol. The molecule has 2 aromatic carbocycles. The third-order valence-electron chi connectivity index (χ3n) is 4.85. The van der Waals surface area contributed by atoms with Gasteiger partial charge in [0.15, 0.2) is 4.80 Å². The number of hydrogen-bond donors (Lipinski definition) is 0. The molecule has 1 amide bonds. The van der Waals surface area contributed by atoms with Crippen molar-refractivity contribution in [2.24, 2.45) is 4.99 Å². The Morgan fingerprint density at radius 1 is 1.12 bits per heavy atom. The normalized spacial score (nSPS) is 12.5. The number of carbonyl (C=O) groups excluding carboxylic acids is 2. The fraction of sp³-hybridized carbons (Fsp3) is 0.286. The van der Waals surface area contributed by atoms with Crippen LogP contribution in [-0.2, 0) is 26.1 Å². The van der Waals surface area contributed by atoms with Gasteiger partial charge in [-0.25, -0.2) is 8.42 Å². The number of amides is 1. The Balaban J connectivity index is 2.05. The maximum absolute atomic E-state index is 12.8. The molecule has 0 saturated carbocycles. The summed E-state index contributed by atoms with van der Waals surface area (Å²) in [5.74, 6) is -1.14. The quantitative estimate of drug-likeness (QED) is 0.431. The minimum Gasteiger partial charge on any atom is -0.468 e. The number of ether oxygens (including phenoxy) is 1. The number of halogens is 2. The Morgan fingerprint density at radius 2 is 1.76 bits per heavy atom. The fourth-order valence-electron chi connectivity index (χ4n) is 3.19. The molecule has 3 aromatic rings. The number of esters is 1. The molecule has 0 fully saturated rings. The highest BCUT2D eigenvalue weighted by molar-refractivity contribution is 7.89. The SMILES string of the molecule is CCN(CC)S(=O)(=O)c1ccc(C(=O)N=c2sc3cc(Cl)cc(Cl)c3n2CC(=O)OC)cc1. The summed E-state index contributed by atoms with van der Waals surface area (Å²) in [6.07, 6.45) is 0. The van der Waals surface area contributed by atoms with Crippen molar-refractivity contribution in [1.29, 1.82) is 0 Å². The van der Waals surface area contributed by atoms with E-state index in [0.717, 1.165) is 11.3 Å². The third-order valence-corrected chi connectivity index (χ3v) is 8.45. The Kier molecular flexibility index (Phi) is 7.96. The van der Waals surface area contributed by atoms with Gasteiger partial charge in [0.25, 0.3) is 5.91 Å². The molecular formula is C21H21Cl2N3O5S2. The summed E-state index contributed by atoms with van der Waals surface area (Å²) >= 11 is 13.6.